The molecule has 0 saturated carbocycles. The number of hydrogen-bond donors (Lipinski definition) is 2. The number of rotatable bonds is 9. The van der Waals surface area contributed by atoms with Gasteiger partial charge < -0.3 is 25.0 Å². The van der Waals surface area contributed by atoms with E-state index in [1.54, 1.807) is 90.1 Å². The molecule has 2 N–H and O–H groups in total. The molecule has 0 radical (unpaired) electrons. The molecule has 0 aromatic heterocycles. The molecular formula is C40H47F4N5O6. The number of nitrogens with zero attached hydrogens (tertiary/aromatic N) is 3. The van der Waals surface area contributed by atoms with Crippen LogP contribution in [0.3, 0.4) is 0 Å². The van der Waals surface area contributed by atoms with E-state index in [1.807, 2.05) is 30.3 Å². The summed E-state index contributed by atoms with van der Waals surface area (Å²) in [6, 6.07) is 20.6. The van der Waals surface area contributed by atoms with Gasteiger partial charge in [0.05, 0.1) is 13.1 Å². The maximum Gasteiger partial charge on any atom is 0.411 e. The normalized spacial score (nSPS) is 19.1. The summed E-state index contributed by atoms with van der Waals surface area (Å²) in [5.74, 6) is -7.97. The van der Waals surface area contributed by atoms with Crippen LogP contribution in [0.2, 0.25) is 0 Å². The van der Waals surface area contributed by atoms with Gasteiger partial charge in [0.25, 0.3) is 11.8 Å². The Labute approximate surface area is 317 Å². The van der Waals surface area contributed by atoms with Crippen LogP contribution in [0.15, 0.2) is 78.9 Å². The van der Waals surface area contributed by atoms with Crippen molar-refractivity contribution in [2.24, 2.45) is 0 Å². The van der Waals surface area contributed by atoms with Crippen molar-refractivity contribution in [1.82, 2.24) is 9.80 Å². The zero-order valence-electron chi connectivity index (χ0n) is 31.7. The highest BCUT2D eigenvalue weighted by molar-refractivity contribution is 5.98. The summed E-state index contributed by atoms with van der Waals surface area (Å²) in [7, 11) is 0. The SMILES string of the molecule is CC(C)(C)OC(=O)N1CC(F)(F)CC1C(=O)Nc1ccc(CN(Cc2ccc(NC(=O)C3CC(F)(F)CN3C(=O)OC(C)(C)C)cc2)c2ccccc2)cc1. The summed E-state index contributed by atoms with van der Waals surface area (Å²) in [6.07, 6.45) is -3.60. The van der Waals surface area contributed by atoms with Gasteiger partial charge in [-0.1, -0.05) is 42.5 Å². The fourth-order valence-corrected chi connectivity index (χ4v) is 6.28. The molecule has 0 bridgehead atoms. The topological polar surface area (TPSA) is 121 Å². The second-order valence-electron chi connectivity index (χ2n) is 15.9. The van der Waals surface area contributed by atoms with Crippen molar-refractivity contribution >= 4 is 41.1 Å². The Balaban J connectivity index is 1.23. The number of ether oxygens (including phenoxy) is 2. The minimum Gasteiger partial charge on any atom is -0.444 e. The number of hydrogen-bond acceptors (Lipinski definition) is 7. The van der Waals surface area contributed by atoms with E-state index in [-0.39, 0.29) is 0 Å². The number of nitrogens with one attached hydrogen (secondary N) is 2. The predicted molar refractivity (Wildman–Crippen MR) is 199 cm³/mol. The van der Waals surface area contributed by atoms with Gasteiger partial charge in [-0.05, 0) is 89.1 Å². The van der Waals surface area contributed by atoms with Gasteiger partial charge in [0.2, 0.25) is 11.8 Å². The molecule has 55 heavy (non-hydrogen) atoms. The van der Waals surface area contributed by atoms with Crippen molar-refractivity contribution in [3.05, 3.63) is 90.0 Å². The third kappa shape index (κ3) is 11.3. The van der Waals surface area contributed by atoms with Crippen molar-refractivity contribution < 1.29 is 46.2 Å². The molecule has 2 unspecified atom stereocenters. The smallest absolute Gasteiger partial charge is 0.411 e. The van der Waals surface area contributed by atoms with Crippen LogP contribution in [0.4, 0.5) is 44.2 Å². The van der Waals surface area contributed by atoms with Crippen LogP contribution in [0.1, 0.15) is 65.5 Å². The average Bonchev–Trinajstić information content (AvgIpc) is 3.60. The maximum atomic E-state index is 14.3. The molecule has 15 heteroatoms. The first-order chi connectivity index (χ1) is 25.6. The first-order valence-corrected chi connectivity index (χ1v) is 17.9. The molecule has 4 amide bonds. The van der Waals surface area contributed by atoms with Crippen molar-refractivity contribution in [1.29, 1.82) is 0 Å². The number of amides is 4. The summed E-state index contributed by atoms with van der Waals surface area (Å²) < 4.78 is 67.9. The van der Waals surface area contributed by atoms with E-state index in [2.05, 4.69) is 15.5 Å². The van der Waals surface area contributed by atoms with Crippen molar-refractivity contribution in [2.75, 3.05) is 28.6 Å². The van der Waals surface area contributed by atoms with Crippen LogP contribution in [0.25, 0.3) is 0 Å². The Morgan fingerprint density at radius 2 is 1.00 bits per heavy atom. The molecule has 3 aromatic rings. The number of likely N-dealkylation sites (tertiary alicyclic amines) is 2. The molecule has 296 valence electrons. The number of alkyl halides is 4. The molecule has 2 saturated heterocycles. The highest BCUT2D eigenvalue weighted by Gasteiger charge is 2.52. The third-order valence-electron chi connectivity index (χ3n) is 8.71. The van der Waals surface area contributed by atoms with Gasteiger partial charge in [-0.3, -0.25) is 19.4 Å². The number of carbonyl (C=O) groups excluding carboxylic acids is 4. The lowest BCUT2D eigenvalue weighted by molar-refractivity contribution is -0.121. The lowest BCUT2D eigenvalue weighted by Gasteiger charge is -2.27. The second kappa shape index (κ2) is 15.8. The molecule has 2 aliphatic rings. The Hall–Kier alpha value is -5.34. The summed E-state index contributed by atoms with van der Waals surface area (Å²) >= 11 is 0. The highest BCUT2D eigenvalue weighted by atomic mass is 19.3. The van der Waals surface area contributed by atoms with Gasteiger partial charge in [0.1, 0.15) is 23.3 Å². The van der Waals surface area contributed by atoms with E-state index in [9.17, 15) is 36.7 Å². The van der Waals surface area contributed by atoms with E-state index in [1.165, 1.54) is 0 Å². The molecule has 2 fully saturated rings. The zero-order chi connectivity index (χ0) is 40.3. The molecule has 3 aromatic carbocycles. The predicted octanol–water partition coefficient (Wildman–Crippen LogP) is 8.06. The Morgan fingerprint density at radius 1 is 0.636 bits per heavy atom. The Bertz CT molecular complexity index is 1730. The van der Waals surface area contributed by atoms with E-state index < -0.39 is 85.1 Å². The molecule has 0 spiro atoms. The van der Waals surface area contributed by atoms with Crippen LogP contribution in [0, 0.1) is 0 Å². The van der Waals surface area contributed by atoms with Gasteiger partial charge in [0.15, 0.2) is 0 Å². The molecular weight excluding hydrogens is 722 g/mol. The monoisotopic (exact) mass is 769 g/mol. The van der Waals surface area contributed by atoms with E-state index in [4.69, 9.17) is 9.47 Å². The fourth-order valence-electron chi connectivity index (χ4n) is 6.28. The summed E-state index contributed by atoms with van der Waals surface area (Å²) in [6.45, 7) is 8.73. The molecule has 2 heterocycles. The van der Waals surface area contributed by atoms with Crippen LogP contribution >= 0.6 is 0 Å². The first kappa shape index (κ1) is 40.8. The zero-order valence-corrected chi connectivity index (χ0v) is 31.7. The quantitative estimate of drug-likeness (QED) is 0.211. The largest absolute Gasteiger partial charge is 0.444 e. The van der Waals surface area contributed by atoms with Crippen molar-refractivity contribution in [2.45, 2.75) is 103 Å². The molecule has 2 aliphatic heterocycles. The molecule has 2 atom stereocenters. The number of halogens is 4. The Kier molecular flexibility index (Phi) is 11.7. The minimum absolute atomic E-state index is 0.368. The van der Waals surface area contributed by atoms with Gasteiger partial charge >= 0.3 is 12.2 Å². The third-order valence-corrected chi connectivity index (χ3v) is 8.71. The summed E-state index contributed by atoms with van der Waals surface area (Å²) in [5, 5.41) is 5.30. The van der Waals surface area contributed by atoms with Gasteiger partial charge in [-0.25, -0.2) is 27.2 Å². The van der Waals surface area contributed by atoms with Crippen LogP contribution in [-0.4, -0.2) is 82.0 Å². The average molecular weight is 770 g/mol. The lowest BCUT2D eigenvalue weighted by atomic mass is 10.1. The number of benzene rings is 3. The fraction of sp³-hybridized carbons (Fsp3) is 0.450. The second-order valence-corrected chi connectivity index (χ2v) is 15.9. The summed E-state index contributed by atoms with van der Waals surface area (Å²) in [5.41, 5.74) is 1.54. The number of anilines is 3. The van der Waals surface area contributed by atoms with Crippen molar-refractivity contribution in [3.8, 4) is 0 Å². The maximum absolute atomic E-state index is 14.3. The van der Waals surface area contributed by atoms with Crippen LogP contribution in [0.5, 0.6) is 0 Å². The Morgan fingerprint density at radius 3 is 1.35 bits per heavy atom. The van der Waals surface area contributed by atoms with Crippen LogP contribution < -0.4 is 15.5 Å². The number of para-hydroxylation sites is 1. The lowest BCUT2D eigenvalue weighted by Crippen LogP contribution is -2.45. The number of carbonyl (C=O) groups is 4. The molecule has 11 nitrogen and oxygen atoms in total. The van der Waals surface area contributed by atoms with Gasteiger partial charge in [0, 0.05) is 43.0 Å². The first-order valence-electron chi connectivity index (χ1n) is 17.9. The van der Waals surface area contributed by atoms with Gasteiger partial charge in [-0.2, -0.15) is 0 Å². The molecule has 5 rings (SSSR count). The summed E-state index contributed by atoms with van der Waals surface area (Å²) in [4.78, 5) is 55.1. The van der Waals surface area contributed by atoms with Gasteiger partial charge in [-0.15, -0.1) is 0 Å². The standard InChI is InChI=1S/C40H47F4N5O6/c1-37(2,3)54-35(52)48-24-39(41,42)20-31(48)33(50)45-28-16-12-26(13-17-28)22-47(30-10-8-7-9-11-30)23-27-14-18-29(19-15-27)46-34(51)32-21-40(43,44)25-49(32)36(53)55-38(4,5)6/h7-19,31-32H,20-25H2,1-6H3,(H,45,50)(H,46,51). The van der Waals surface area contributed by atoms with Crippen LogP contribution in [-0.2, 0) is 32.2 Å². The van der Waals surface area contributed by atoms with Crippen molar-refractivity contribution in [3.63, 3.8) is 0 Å². The van der Waals surface area contributed by atoms with E-state index in [0.717, 1.165) is 26.6 Å². The highest BCUT2D eigenvalue weighted by Crippen LogP contribution is 2.35. The minimum atomic E-state index is -3.24. The van der Waals surface area contributed by atoms with E-state index in [0.29, 0.717) is 24.5 Å². The molecule has 0 aliphatic carbocycles. The van der Waals surface area contributed by atoms with E-state index >= 15 is 0 Å².